The van der Waals surface area contributed by atoms with E-state index in [0.29, 0.717) is 19.4 Å². The molecule has 1 amide bonds. The highest BCUT2D eigenvalue weighted by Gasteiger charge is 2.48. The summed E-state index contributed by atoms with van der Waals surface area (Å²) in [5.41, 5.74) is 2.54. The van der Waals surface area contributed by atoms with Crippen molar-refractivity contribution in [1.29, 1.82) is 0 Å². The van der Waals surface area contributed by atoms with E-state index >= 15 is 0 Å². The van der Waals surface area contributed by atoms with Crippen molar-refractivity contribution in [2.45, 2.75) is 31.1 Å². The molecule has 152 valence electrons. The fourth-order valence-corrected chi connectivity index (χ4v) is 4.48. The van der Waals surface area contributed by atoms with E-state index in [-0.39, 0.29) is 17.8 Å². The van der Waals surface area contributed by atoms with Gasteiger partial charge in [-0.1, -0.05) is 72.8 Å². The van der Waals surface area contributed by atoms with Gasteiger partial charge in [-0.3, -0.25) is 9.59 Å². The summed E-state index contributed by atoms with van der Waals surface area (Å²) in [4.78, 5) is 26.5. The summed E-state index contributed by atoms with van der Waals surface area (Å²) in [5.74, 6) is -0.674. The van der Waals surface area contributed by atoms with E-state index < -0.39 is 5.41 Å². The summed E-state index contributed by atoms with van der Waals surface area (Å²) in [6, 6.07) is 27.1. The summed E-state index contributed by atoms with van der Waals surface area (Å²) in [6.45, 7) is 2.16. The van der Waals surface area contributed by atoms with Gasteiger partial charge in [-0.25, -0.2) is 0 Å². The molecule has 0 radical (unpaired) electrons. The molecule has 4 nitrogen and oxygen atoms in total. The lowest BCUT2D eigenvalue weighted by molar-refractivity contribution is -0.145. The molecule has 1 N–H and O–H groups in total. The molecule has 1 aliphatic carbocycles. The van der Waals surface area contributed by atoms with Crippen molar-refractivity contribution < 1.29 is 14.3 Å². The van der Waals surface area contributed by atoms with Gasteiger partial charge in [-0.15, -0.1) is 0 Å². The van der Waals surface area contributed by atoms with E-state index in [4.69, 9.17) is 4.74 Å². The smallest absolute Gasteiger partial charge is 0.313 e. The Labute approximate surface area is 176 Å². The van der Waals surface area contributed by atoms with E-state index in [0.717, 1.165) is 22.4 Å². The SMILES string of the molecule is CCOC(=O)C1CCC(C(=O)Nc2ccccc2)(c2ccccc2)c2ccccc21. The number of esters is 1. The molecule has 1 aliphatic rings. The maximum absolute atomic E-state index is 13.8. The Morgan fingerprint density at radius 2 is 1.57 bits per heavy atom. The predicted octanol–water partition coefficient (Wildman–Crippen LogP) is 5.05. The van der Waals surface area contributed by atoms with Gasteiger partial charge in [0.05, 0.1) is 17.9 Å². The molecular formula is C26H25NO3. The molecule has 30 heavy (non-hydrogen) atoms. The highest BCUT2D eigenvalue weighted by molar-refractivity contribution is 6.03. The zero-order chi connectivity index (χ0) is 21.0. The summed E-state index contributed by atoms with van der Waals surface area (Å²) in [5, 5.41) is 3.11. The lowest BCUT2D eigenvalue weighted by Gasteiger charge is -2.40. The van der Waals surface area contributed by atoms with Gasteiger partial charge in [0.15, 0.2) is 0 Å². The predicted molar refractivity (Wildman–Crippen MR) is 117 cm³/mol. The molecule has 0 heterocycles. The van der Waals surface area contributed by atoms with Crippen LogP contribution in [-0.4, -0.2) is 18.5 Å². The molecule has 0 fully saturated rings. The van der Waals surface area contributed by atoms with Gasteiger partial charge in [0, 0.05) is 5.69 Å². The second kappa shape index (κ2) is 8.54. The molecule has 0 bridgehead atoms. The number of hydrogen-bond donors (Lipinski definition) is 1. The first-order chi connectivity index (χ1) is 14.7. The van der Waals surface area contributed by atoms with E-state index in [1.807, 2.05) is 91.9 Å². The van der Waals surface area contributed by atoms with Crippen LogP contribution < -0.4 is 5.32 Å². The molecule has 0 saturated heterocycles. The van der Waals surface area contributed by atoms with Crippen molar-refractivity contribution in [1.82, 2.24) is 0 Å². The second-order valence-corrected chi connectivity index (χ2v) is 7.52. The minimum atomic E-state index is -0.878. The second-order valence-electron chi connectivity index (χ2n) is 7.52. The van der Waals surface area contributed by atoms with E-state index in [1.165, 1.54) is 0 Å². The number of anilines is 1. The van der Waals surface area contributed by atoms with Crippen LogP contribution in [0.4, 0.5) is 5.69 Å². The molecule has 2 atom stereocenters. The highest BCUT2D eigenvalue weighted by atomic mass is 16.5. The maximum Gasteiger partial charge on any atom is 0.313 e. The Balaban J connectivity index is 1.85. The van der Waals surface area contributed by atoms with Crippen molar-refractivity contribution in [3.05, 3.63) is 102 Å². The van der Waals surface area contributed by atoms with Crippen LogP contribution >= 0.6 is 0 Å². The van der Waals surface area contributed by atoms with Gasteiger partial charge >= 0.3 is 5.97 Å². The number of fused-ring (bicyclic) bond motifs is 1. The molecule has 3 aromatic carbocycles. The van der Waals surface area contributed by atoms with Crippen molar-refractivity contribution in [2.24, 2.45) is 0 Å². The number of nitrogens with one attached hydrogen (secondary N) is 1. The van der Waals surface area contributed by atoms with Gasteiger partial charge < -0.3 is 10.1 Å². The van der Waals surface area contributed by atoms with Gasteiger partial charge in [-0.05, 0) is 48.6 Å². The number of hydrogen-bond acceptors (Lipinski definition) is 3. The van der Waals surface area contributed by atoms with Crippen molar-refractivity contribution >= 4 is 17.6 Å². The standard InChI is InChI=1S/C26H25NO3/c1-2-30-24(28)22-17-18-26(19-11-5-3-6-12-19,23-16-10-9-15-21(22)23)25(29)27-20-13-7-4-8-14-20/h3-16,22H,2,17-18H2,1H3,(H,27,29). The van der Waals surface area contributed by atoms with Crippen molar-refractivity contribution in [2.75, 3.05) is 11.9 Å². The fraction of sp³-hybridized carbons (Fsp3) is 0.231. The highest BCUT2D eigenvalue weighted by Crippen LogP contribution is 2.48. The van der Waals surface area contributed by atoms with E-state index in [2.05, 4.69) is 5.32 Å². The third-order valence-electron chi connectivity index (χ3n) is 5.86. The zero-order valence-corrected chi connectivity index (χ0v) is 17.0. The third kappa shape index (κ3) is 3.50. The molecule has 3 aromatic rings. The monoisotopic (exact) mass is 399 g/mol. The van der Waals surface area contributed by atoms with E-state index in [1.54, 1.807) is 0 Å². The van der Waals surface area contributed by atoms with Gasteiger partial charge in [0.2, 0.25) is 5.91 Å². The summed E-state index contributed by atoms with van der Waals surface area (Å²) < 4.78 is 5.33. The summed E-state index contributed by atoms with van der Waals surface area (Å²) >= 11 is 0. The van der Waals surface area contributed by atoms with Crippen LogP contribution in [0.3, 0.4) is 0 Å². The average Bonchev–Trinajstić information content (AvgIpc) is 2.79. The topological polar surface area (TPSA) is 55.4 Å². The Morgan fingerprint density at radius 3 is 2.27 bits per heavy atom. The molecule has 0 aromatic heterocycles. The van der Waals surface area contributed by atoms with Crippen molar-refractivity contribution in [3.63, 3.8) is 0 Å². The first-order valence-electron chi connectivity index (χ1n) is 10.3. The molecule has 0 spiro atoms. The zero-order valence-electron chi connectivity index (χ0n) is 17.0. The lowest BCUT2D eigenvalue weighted by atomic mass is 9.62. The first kappa shape index (κ1) is 19.9. The van der Waals surface area contributed by atoms with Crippen molar-refractivity contribution in [3.8, 4) is 0 Å². The van der Waals surface area contributed by atoms with Crippen LogP contribution in [0.15, 0.2) is 84.9 Å². The molecule has 4 rings (SSSR count). The molecule has 4 heteroatoms. The Kier molecular flexibility index (Phi) is 5.66. The maximum atomic E-state index is 13.8. The van der Waals surface area contributed by atoms with Crippen LogP contribution in [0.25, 0.3) is 0 Å². The van der Waals surface area contributed by atoms with Crippen LogP contribution in [0.2, 0.25) is 0 Å². The average molecular weight is 399 g/mol. The summed E-state index contributed by atoms with van der Waals surface area (Å²) in [6.07, 6.45) is 1.07. The normalized spacial score (nSPS) is 20.1. The van der Waals surface area contributed by atoms with Gasteiger partial charge in [0.25, 0.3) is 0 Å². The number of ether oxygens (including phenoxy) is 1. The summed E-state index contributed by atoms with van der Waals surface area (Å²) in [7, 11) is 0. The first-order valence-corrected chi connectivity index (χ1v) is 10.3. The Bertz CT molecular complexity index is 1030. The fourth-order valence-electron chi connectivity index (χ4n) is 4.48. The molecular weight excluding hydrogens is 374 g/mol. The number of amides is 1. The van der Waals surface area contributed by atoms with Gasteiger partial charge in [-0.2, -0.15) is 0 Å². The minimum Gasteiger partial charge on any atom is -0.466 e. The third-order valence-corrected chi connectivity index (χ3v) is 5.86. The Hall–Kier alpha value is -3.40. The number of carbonyl (C=O) groups excluding carboxylic acids is 2. The van der Waals surface area contributed by atoms with Crippen LogP contribution in [0, 0.1) is 0 Å². The number of para-hydroxylation sites is 1. The molecule has 0 aliphatic heterocycles. The van der Waals surface area contributed by atoms with E-state index in [9.17, 15) is 9.59 Å². The van der Waals surface area contributed by atoms with Crippen LogP contribution in [0.5, 0.6) is 0 Å². The number of benzene rings is 3. The minimum absolute atomic E-state index is 0.0883. The molecule has 0 saturated carbocycles. The molecule has 2 unspecified atom stereocenters. The van der Waals surface area contributed by atoms with Crippen LogP contribution in [0.1, 0.15) is 42.4 Å². The quantitative estimate of drug-likeness (QED) is 0.611. The number of carbonyl (C=O) groups is 2. The Morgan fingerprint density at radius 1 is 0.933 bits per heavy atom. The van der Waals surface area contributed by atoms with Gasteiger partial charge in [0.1, 0.15) is 0 Å². The number of rotatable bonds is 5. The van der Waals surface area contributed by atoms with Crippen LogP contribution in [-0.2, 0) is 19.7 Å². The lowest BCUT2D eigenvalue weighted by Crippen LogP contribution is -2.45. The largest absolute Gasteiger partial charge is 0.466 e.